The molecule has 0 unspecified atom stereocenters. The number of rotatable bonds is 7. The van der Waals surface area contributed by atoms with Crippen LogP contribution in [-0.4, -0.2) is 57.6 Å². The zero-order chi connectivity index (χ0) is 25.7. The first-order valence-electron chi connectivity index (χ1n) is 11.6. The fourth-order valence-corrected chi connectivity index (χ4v) is 5.50. The van der Waals surface area contributed by atoms with Crippen LogP contribution in [0.2, 0.25) is 0 Å². The largest absolute Gasteiger partial charge is 0.488 e. The van der Waals surface area contributed by atoms with E-state index >= 15 is 0 Å². The number of benzene rings is 2. The molecule has 36 heavy (non-hydrogen) atoms. The maximum absolute atomic E-state index is 12.9. The highest BCUT2D eigenvalue weighted by atomic mass is 127. The number of carboxylic acid groups (broad SMARTS) is 1. The van der Waals surface area contributed by atoms with Crippen LogP contribution in [0.5, 0.6) is 5.75 Å². The molecule has 3 amide bonds. The highest BCUT2D eigenvalue weighted by molar-refractivity contribution is 14.1. The zero-order valence-electron chi connectivity index (χ0n) is 19.4. The average Bonchev–Trinajstić information content (AvgIpc) is 3.04. The minimum atomic E-state index is -0.977. The second-order valence-corrected chi connectivity index (χ2v) is 10.7. The van der Waals surface area contributed by atoms with Crippen molar-refractivity contribution >= 4 is 63.5 Å². The van der Waals surface area contributed by atoms with Crippen molar-refractivity contribution in [2.45, 2.75) is 32.3 Å². The highest BCUT2D eigenvalue weighted by Crippen LogP contribution is 2.33. The molecule has 0 spiro atoms. The molecule has 1 N–H and O–H groups in total. The summed E-state index contributed by atoms with van der Waals surface area (Å²) < 4.78 is 6.68. The van der Waals surface area contributed by atoms with Crippen molar-refractivity contribution in [2.24, 2.45) is 0 Å². The molecule has 0 aliphatic carbocycles. The summed E-state index contributed by atoms with van der Waals surface area (Å²) in [6.07, 6.45) is 5.73. The van der Waals surface area contributed by atoms with Gasteiger partial charge in [0.05, 0.1) is 14.0 Å². The van der Waals surface area contributed by atoms with Gasteiger partial charge in [0.1, 0.15) is 18.9 Å². The quantitative estimate of drug-likeness (QED) is 0.343. The Bertz CT molecular complexity index is 1210. The predicted octanol–water partition coefficient (Wildman–Crippen LogP) is 5.01. The van der Waals surface area contributed by atoms with E-state index < -0.39 is 17.1 Å². The number of halogens is 1. The second-order valence-electron chi connectivity index (χ2n) is 8.54. The molecule has 2 aliphatic rings. The summed E-state index contributed by atoms with van der Waals surface area (Å²) in [5.74, 6) is -0.969. The normalized spacial score (nSPS) is 17.4. The first-order chi connectivity index (χ1) is 17.3. The lowest BCUT2D eigenvalue weighted by Gasteiger charge is -2.22. The van der Waals surface area contributed by atoms with Gasteiger partial charge in [0.25, 0.3) is 11.1 Å². The Balaban J connectivity index is 1.38. The van der Waals surface area contributed by atoms with Crippen LogP contribution in [0.3, 0.4) is 0 Å². The molecule has 0 radical (unpaired) electrons. The third-order valence-electron chi connectivity index (χ3n) is 5.97. The molecule has 0 saturated carbocycles. The van der Waals surface area contributed by atoms with Gasteiger partial charge in [-0.15, -0.1) is 0 Å². The lowest BCUT2D eigenvalue weighted by molar-refractivity contribution is -0.135. The van der Waals surface area contributed by atoms with Crippen LogP contribution in [-0.2, 0) is 16.2 Å². The molecular formula is C26H25IN2O6S. The minimum Gasteiger partial charge on any atom is -0.488 e. The fourth-order valence-electron chi connectivity index (χ4n) is 3.97. The first kappa shape index (κ1) is 26.2. The molecule has 2 heterocycles. The summed E-state index contributed by atoms with van der Waals surface area (Å²) in [5, 5.41) is 8.57. The van der Waals surface area contributed by atoms with E-state index in [1.165, 1.54) is 12.1 Å². The number of thioether (sulfide) groups is 1. The van der Waals surface area contributed by atoms with E-state index in [0.29, 0.717) is 18.8 Å². The van der Waals surface area contributed by atoms with Crippen LogP contribution < -0.4 is 4.74 Å². The summed E-state index contributed by atoms with van der Waals surface area (Å²) in [7, 11) is 0. The highest BCUT2D eigenvalue weighted by Gasteiger charge is 2.37. The number of aromatic carboxylic acids is 1. The number of hydrogen-bond acceptors (Lipinski definition) is 6. The van der Waals surface area contributed by atoms with Gasteiger partial charge in [0, 0.05) is 13.1 Å². The molecule has 8 nitrogen and oxygen atoms in total. The van der Waals surface area contributed by atoms with Gasteiger partial charge < -0.3 is 14.7 Å². The standard InChI is InChI=1S/C26H25IN2O6S/c27-20-13-18(7-10-21(20)35-16-17-5-8-19(9-6-17)25(32)33)14-22-24(31)29(26(34)36-22)15-23(30)28-11-3-1-2-4-12-28/h5-10,13-14H,1-4,11-12,15-16H2,(H,32,33). The van der Waals surface area contributed by atoms with Gasteiger partial charge in [-0.2, -0.15) is 0 Å². The Morgan fingerprint density at radius 2 is 1.72 bits per heavy atom. The molecule has 0 aromatic heterocycles. The van der Waals surface area contributed by atoms with Crippen LogP contribution in [0.25, 0.3) is 6.08 Å². The van der Waals surface area contributed by atoms with Crippen molar-refractivity contribution in [1.82, 2.24) is 9.80 Å². The maximum atomic E-state index is 12.9. The SMILES string of the molecule is O=C(O)c1ccc(COc2ccc(C=C3SC(=O)N(CC(=O)N4CCCCCC4)C3=O)cc2I)cc1. The summed E-state index contributed by atoms with van der Waals surface area (Å²) in [6, 6.07) is 11.9. The van der Waals surface area contributed by atoms with E-state index in [9.17, 15) is 19.2 Å². The van der Waals surface area contributed by atoms with Gasteiger partial charge in [-0.25, -0.2) is 4.79 Å². The fraction of sp³-hybridized carbons (Fsp3) is 0.308. The zero-order valence-corrected chi connectivity index (χ0v) is 22.4. The number of likely N-dealkylation sites (tertiary alicyclic amines) is 1. The topological polar surface area (TPSA) is 104 Å². The number of imide groups is 1. The van der Waals surface area contributed by atoms with Crippen molar-refractivity contribution in [3.05, 3.63) is 67.6 Å². The molecule has 2 aromatic carbocycles. The number of carbonyl (C=O) groups excluding carboxylic acids is 3. The second kappa shape index (κ2) is 11.9. The number of hydrogen-bond donors (Lipinski definition) is 1. The smallest absolute Gasteiger partial charge is 0.335 e. The number of nitrogens with zero attached hydrogens (tertiary/aromatic N) is 2. The van der Waals surface area contributed by atoms with Gasteiger partial charge >= 0.3 is 5.97 Å². The molecule has 0 bridgehead atoms. The summed E-state index contributed by atoms with van der Waals surface area (Å²) >= 11 is 2.98. The van der Waals surface area contributed by atoms with Crippen molar-refractivity contribution in [3.8, 4) is 5.75 Å². The van der Waals surface area contributed by atoms with Crippen molar-refractivity contribution in [2.75, 3.05) is 19.6 Å². The Morgan fingerprint density at radius 3 is 2.36 bits per heavy atom. The van der Waals surface area contributed by atoms with Crippen molar-refractivity contribution in [3.63, 3.8) is 0 Å². The molecule has 10 heteroatoms. The van der Waals surface area contributed by atoms with Gasteiger partial charge in [-0.3, -0.25) is 19.3 Å². The van der Waals surface area contributed by atoms with Gasteiger partial charge in [0.15, 0.2) is 0 Å². The van der Waals surface area contributed by atoms with E-state index in [1.807, 2.05) is 6.07 Å². The van der Waals surface area contributed by atoms with Crippen LogP contribution in [0.4, 0.5) is 4.79 Å². The minimum absolute atomic E-state index is 0.186. The lowest BCUT2D eigenvalue weighted by Crippen LogP contribution is -2.42. The lowest BCUT2D eigenvalue weighted by atomic mass is 10.1. The van der Waals surface area contributed by atoms with Crippen LogP contribution in [0.15, 0.2) is 47.4 Å². The van der Waals surface area contributed by atoms with Crippen LogP contribution in [0, 0.1) is 3.57 Å². The number of carbonyl (C=O) groups is 4. The molecule has 2 aliphatic heterocycles. The van der Waals surface area contributed by atoms with Gasteiger partial charge in [0.2, 0.25) is 5.91 Å². The molecular weight excluding hydrogens is 595 g/mol. The maximum Gasteiger partial charge on any atom is 0.335 e. The van der Waals surface area contributed by atoms with E-state index in [4.69, 9.17) is 9.84 Å². The van der Waals surface area contributed by atoms with E-state index in [2.05, 4.69) is 22.6 Å². The summed E-state index contributed by atoms with van der Waals surface area (Å²) in [6.45, 7) is 1.40. The van der Waals surface area contributed by atoms with E-state index in [-0.39, 0.29) is 29.5 Å². The molecule has 0 atom stereocenters. The van der Waals surface area contributed by atoms with Crippen molar-refractivity contribution in [1.29, 1.82) is 0 Å². The molecule has 2 aromatic rings. The number of amides is 3. The van der Waals surface area contributed by atoms with Crippen LogP contribution >= 0.6 is 34.4 Å². The third-order valence-corrected chi connectivity index (χ3v) is 7.73. The number of carboxylic acids is 1. The average molecular weight is 620 g/mol. The summed E-state index contributed by atoms with van der Waals surface area (Å²) in [4.78, 5) is 52.0. The molecule has 2 fully saturated rings. The molecule has 4 rings (SSSR count). The molecule has 2 saturated heterocycles. The molecule has 188 valence electrons. The van der Waals surface area contributed by atoms with E-state index in [1.54, 1.807) is 35.2 Å². The summed E-state index contributed by atoms with van der Waals surface area (Å²) in [5.41, 5.74) is 1.79. The Hall–Kier alpha value is -2.86. The number of ether oxygens (including phenoxy) is 1. The Labute approximate surface area is 226 Å². The van der Waals surface area contributed by atoms with Crippen molar-refractivity contribution < 1.29 is 29.0 Å². The monoisotopic (exact) mass is 620 g/mol. The Morgan fingerprint density at radius 1 is 1.03 bits per heavy atom. The third kappa shape index (κ3) is 6.47. The van der Waals surface area contributed by atoms with E-state index in [0.717, 1.165) is 57.0 Å². The van der Waals surface area contributed by atoms with Gasteiger partial charge in [-0.1, -0.05) is 31.0 Å². The van der Waals surface area contributed by atoms with Crippen LogP contribution in [0.1, 0.15) is 47.2 Å². The predicted molar refractivity (Wildman–Crippen MR) is 145 cm³/mol. The van der Waals surface area contributed by atoms with Gasteiger partial charge in [-0.05, 0) is 88.7 Å². The Kier molecular flexibility index (Phi) is 8.68. The first-order valence-corrected chi connectivity index (χ1v) is 13.5.